The van der Waals surface area contributed by atoms with Gasteiger partial charge in [0.1, 0.15) is 0 Å². The van der Waals surface area contributed by atoms with E-state index in [1.165, 1.54) is 0 Å². The van der Waals surface area contributed by atoms with E-state index in [-0.39, 0.29) is 11.9 Å². The summed E-state index contributed by atoms with van der Waals surface area (Å²) in [4.78, 5) is 18.5. The molecule has 160 valence electrons. The summed E-state index contributed by atoms with van der Waals surface area (Å²) >= 11 is 0. The summed E-state index contributed by atoms with van der Waals surface area (Å²) in [7, 11) is 0. The fourth-order valence-corrected chi connectivity index (χ4v) is 4.74. The minimum Gasteiger partial charge on any atom is -0.344 e. The number of carbonyl (C=O) groups is 1. The SMILES string of the molecule is CC1=C(C(=O)Nc2ccccc2)[C@@H](c2cccc3ccccc23)Nc2nc3ccccc3n21. The number of imidazole rings is 1. The molecular formula is C28H22N4O. The van der Waals surface area contributed by atoms with Crippen molar-refractivity contribution in [1.82, 2.24) is 9.55 Å². The molecule has 5 nitrogen and oxygen atoms in total. The van der Waals surface area contributed by atoms with Crippen molar-refractivity contribution in [2.24, 2.45) is 0 Å². The van der Waals surface area contributed by atoms with E-state index in [2.05, 4.69) is 34.9 Å². The van der Waals surface area contributed by atoms with Crippen molar-refractivity contribution in [3.63, 3.8) is 0 Å². The first kappa shape index (κ1) is 19.3. The molecule has 1 aromatic heterocycles. The minimum atomic E-state index is -0.343. The predicted octanol–water partition coefficient (Wildman–Crippen LogP) is 6.23. The van der Waals surface area contributed by atoms with Crippen molar-refractivity contribution in [2.45, 2.75) is 13.0 Å². The van der Waals surface area contributed by atoms with Crippen LogP contribution < -0.4 is 10.6 Å². The summed E-state index contributed by atoms with van der Waals surface area (Å²) in [5.74, 6) is 0.607. The average Bonchev–Trinajstić information content (AvgIpc) is 3.23. The maximum atomic E-state index is 13.7. The van der Waals surface area contributed by atoms with Gasteiger partial charge in [0.25, 0.3) is 5.91 Å². The van der Waals surface area contributed by atoms with Crippen LogP contribution in [0.25, 0.3) is 27.5 Å². The summed E-state index contributed by atoms with van der Waals surface area (Å²) in [5, 5.41) is 8.91. The van der Waals surface area contributed by atoms with Crippen LogP contribution in [-0.2, 0) is 4.79 Å². The summed E-state index contributed by atoms with van der Waals surface area (Å²) < 4.78 is 2.04. The molecule has 1 amide bonds. The lowest BCUT2D eigenvalue weighted by Crippen LogP contribution is -2.30. The zero-order chi connectivity index (χ0) is 22.4. The Morgan fingerprint density at radius 2 is 1.61 bits per heavy atom. The molecule has 2 heterocycles. The van der Waals surface area contributed by atoms with Crippen LogP contribution in [0.4, 0.5) is 11.6 Å². The topological polar surface area (TPSA) is 59.0 Å². The molecule has 0 saturated carbocycles. The maximum absolute atomic E-state index is 13.7. The van der Waals surface area contributed by atoms with Gasteiger partial charge < -0.3 is 10.6 Å². The van der Waals surface area contributed by atoms with Gasteiger partial charge in [0.15, 0.2) is 0 Å². The number of anilines is 2. The first-order valence-corrected chi connectivity index (χ1v) is 11.0. The second kappa shape index (κ2) is 7.64. The third-order valence-corrected chi connectivity index (χ3v) is 6.26. The van der Waals surface area contributed by atoms with Crippen LogP contribution in [0.1, 0.15) is 18.5 Å². The van der Waals surface area contributed by atoms with Gasteiger partial charge >= 0.3 is 0 Å². The van der Waals surface area contributed by atoms with Gasteiger partial charge in [0.05, 0.1) is 22.6 Å². The molecule has 0 aliphatic carbocycles. The third kappa shape index (κ3) is 3.17. The molecule has 5 aromatic rings. The number of benzene rings is 4. The van der Waals surface area contributed by atoms with Crippen LogP contribution >= 0.6 is 0 Å². The van der Waals surface area contributed by atoms with Gasteiger partial charge in [-0.25, -0.2) is 4.98 Å². The van der Waals surface area contributed by atoms with Gasteiger partial charge in [-0.05, 0) is 47.5 Å². The normalized spacial score (nSPS) is 15.4. The number of hydrogen-bond donors (Lipinski definition) is 2. The Morgan fingerprint density at radius 3 is 2.48 bits per heavy atom. The molecule has 1 aliphatic rings. The Bertz CT molecular complexity index is 1540. The van der Waals surface area contributed by atoms with Gasteiger partial charge in [-0.1, -0.05) is 72.8 Å². The number of carbonyl (C=O) groups excluding carboxylic acids is 1. The molecule has 6 rings (SSSR count). The Morgan fingerprint density at radius 1 is 0.879 bits per heavy atom. The van der Waals surface area contributed by atoms with Crippen molar-refractivity contribution >= 4 is 45.0 Å². The summed E-state index contributed by atoms with van der Waals surface area (Å²) in [6.07, 6.45) is 0. The number of amides is 1. The van der Waals surface area contributed by atoms with Gasteiger partial charge in [-0.15, -0.1) is 0 Å². The van der Waals surface area contributed by atoms with Crippen LogP contribution in [0.2, 0.25) is 0 Å². The van der Waals surface area contributed by atoms with E-state index in [1.54, 1.807) is 0 Å². The zero-order valence-electron chi connectivity index (χ0n) is 18.1. The fraction of sp³-hybridized carbons (Fsp3) is 0.0714. The molecule has 1 atom stereocenters. The highest BCUT2D eigenvalue weighted by atomic mass is 16.1. The zero-order valence-corrected chi connectivity index (χ0v) is 18.1. The molecular weight excluding hydrogens is 408 g/mol. The van der Waals surface area contributed by atoms with Crippen LogP contribution in [0.15, 0.2) is 103 Å². The van der Waals surface area contributed by atoms with Gasteiger partial charge in [0, 0.05) is 11.4 Å². The second-order valence-corrected chi connectivity index (χ2v) is 8.22. The Labute approximate surface area is 191 Å². The molecule has 0 unspecified atom stereocenters. The number of allylic oxidation sites excluding steroid dienone is 1. The summed E-state index contributed by atoms with van der Waals surface area (Å²) in [5.41, 5.74) is 5.21. The van der Waals surface area contributed by atoms with Crippen LogP contribution in [-0.4, -0.2) is 15.5 Å². The molecule has 33 heavy (non-hydrogen) atoms. The minimum absolute atomic E-state index is 0.132. The molecule has 0 radical (unpaired) electrons. The highest BCUT2D eigenvalue weighted by Gasteiger charge is 2.33. The van der Waals surface area contributed by atoms with E-state index in [1.807, 2.05) is 84.3 Å². The lowest BCUT2D eigenvalue weighted by molar-refractivity contribution is -0.113. The highest BCUT2D eigenvalue weighted by Crippen LogP contribution is 2.40. The molecule has 0 bridgehead atoms. The van der Waals surface area contributed by atoms with E-state index in [9.17, 15) is 4.79 Å². The first-order chi connectivity index (χ1) is 16.2. The van der Waals surface area contributed by atoms with E-state index >= 15 is 0 Å². The summed E-state index contributed by atoms with van der Waals surface area (Å²) in [6, 6.07) is 31.7. The lowest BCUT2D eigenvalue weighted by Gasteiger charge is -2.30. The van der Waals surface area contributed by atoms with Crippen LogP contribution in [0.3, 0.4) is 0 Å². The molecule has 2 N–H and O–H groups in total. The van der Waals surface area contributed by atoms with E-state index in [4.69, 9.17) is 4.98 Å². The van der Waals surface area contributed by atoms with Crippen molar-refractivity contribution in [2.75, 3.05) is 10.6 Å². The van der Waals surface area contributed by atoms with Gasteiger partial charge in [-0.3, -0.25) is 9.36 Å². The monoisotopic (exact) mass is 430 g/mol. The number of aromatic nitrogens is 2. The molecule has 1 aliphatic heterocycles. The molecule has 0 spiro atoms. The quantitative estimate of drug-likeness (QED) is 0.357. The predicted molar refractivity (Wildman–Crippen MR) is 134 cm³/mol. The maximum Gasteiger partial charge on any atom is 0.255 e. The lowest BCUT2D eigenvalue weighted by atomic mass is 9.91. The third-order valence-electron chi connectivity index (χ3n) is 6.26. The highest BCUT2D eigenvalue weighted by molar-refractivity contribution is 6.10. The standard InChI is InChI=1S/C28H22N4O/c1-18-25(27(33)29-20-12-3-2-4-13-20)26(22-15-9-11-19-10-5-6-14-21(19)22)31-28-30-23-16-7-8-17-24(23)32(18)28/h2-17,26H,1H3,(H,29,33)(H,30,31)/t26-/m1/s1. The number of hydrogen-bond acceptors (Lipinski definition) is 3. The smallest absolute Gasteiger partial charge is 0.255 e. The van der Waals surface area contributed by atoms with Crippen LogP contribution in [0.5, 0.6) is 0 Å². The molecule has 0 saturated heterocycles. The number of para-hydroxylation sites is 3. The van der Waals surface area contributed by atoms with Crippen molar-refractivity contribution in [3.05, 3.63) is 108 Å². The van der Waals surface area contributed by atoms with Crippen molar-refractivity contribution < 1.29 is 4.79 Å². The first-order valence-electron chi connectivity index (χ1n) is 11.0. The number of nitrogens with zero attached hydrogens (tertiary/aromatic N) is 2. The van der Waals surface area contributed by atoms with Crippen LogP contribution in [0, 0.1) is 0 Å². The molecule has 5 heteroatoms. The average molecular weight is 431 g/mol. The van der Waals surface area contributed by atoms with E-state index in [0.29, 0.717) is 5.57 Å². The molecule has 4 aromatic carbocycles. The second-order valence-electron chi connectivity index (χ2n) is 8.22. The Hall–Kier alpha value is -4.38. The summed E-state index contributed by atoms with van der Waals surface area (Å²) in [6.45, 7) is 2.00. The largest absolute Gasteiger partial charge is 0.344 e. The number of nitrogens with one attached hydrogen (secondary N) is 2. The fourth-order valence-electron chi connectivity index (χ4n) is 4.74. The Balaban J connectivity index is 1.57. The van der Waals surface area contributed by atoms with E-state index in [0.717, 1.165) is 44.7 Å². The Kier molecular flexibility index (Phi) is 4.47. The van der Waals surface area contributed by atoms with Gasteiger partial charge in [0.2, 0.25) is 5.95 Å². The molecule has 0 fully saturated rings. The number of fused-ring (bicyclic) bond motifs is 4. The van der Waals surface area contributed by atoms with Gasteiger partial charge in [-0.2, -0.15) is 0 Å². The van der Waals surface area contributed by atoms with E-state index < -0.39 is 0 Å². The van der Waals surface area contributed by atoms with Crippen molar-refractivity contribution in [1.29, 1.82) is 0 Å². The van der Waals surface area contributed by atoms with Crippen molar-refractivity contribution in [3.8, 4) is 0 Å². The number of rotatable bonds is 3.